The van der Waals surface area contributed by atoms with E-state index in [2.05, 4.69) is 15.5 Å². The first-order chi connectivity index (χ1) is 25.0. The molecule has 2 aliphatic rings. The van der Waals surface area contributed by atoms with Gasteiger partial charge in [-0.05, 0) is 73.4 Å². The van der Waals surface area contributed by atoms with Crippen molar-refractivity contribution in [2.75, 3.05) is 26.2 Å². The molecule has 3 amide bonds. The summed E-state index contributed by atoms with van der Waals surface area (Å²) in [6.07, 6.45) is 4.69. The molecule has 0 spiro atoms. The number of rotatable bonds is 17. The fourth-order valence-electron chi connectivity index (χ4n) is 7.27. The van der Waals surface area contributed by atoms with Crippen molar-refractivity contribution in [1.82, 2.24) is 24.4 Å². The van der Waals surface area contributed by atoms with Crippen LogP contribution in [0.2, 0.25) is 0 Å². The molecular weight excluding hydrogens is 681 g/mol. The number of aryl methyl sites for hydroxylation is 1. The number of amides is 3. The van der Waals surface area contributed by atoms with E-state index in [0.29, 0.717) is 31.6 Å². The van der Waals surface area contributed by atoms with Crippen LogP contribution in [0.3, 0.4) is 0 Å². The van der Waals surface area contributed by atoms with Gasteiger partial charge in [-0.1, -0.05) is 86.8 Å². The molecule has 1 saturated carbocycles. The lowest BCUT2D eigenvalue weighted by molar-refractivity contribution is -0.128. The maximum Gasteiger partial charge on any atom is 0.321 e. The molecule has 0 radical (unpaired) electrons. The second-order valence-corrected chi connectivity index (χ2v) is 16.1. The maximum atomic E-state index is 14.4. The summed E-state index contributed by atoms with van der Waals surface area (Å²) in [4.78, 5) is 36.1. The van der Waals surface area contributed by atoms with Gasteiger partial charge in [0.2, 0.25) is 15.9 Å². The number of aromatic nitrogens is 1. The lowest BCUT2D eigenvalue weighted by Crippen LogP contribution is -2.57. The fourth-order valence-corrected chi connectivity index (χ4v) is 8.80. The zero-order valence-electron chi connectivity index (χ0n) is 30.3. The molecule has 4 atom stereocenters. The Morgan fingerprint density at radius 3 is 2.42 bits per heavy atom. The van der Waals surface area contributed by atoms with Crippen LogP contribution in [0.4, 0.5) is 4.79 Å². The Morgan fingerprint density at radius 1 is 1.06 bits per heavy atom. The summed E-state index contributed by atoms with van der Waals surface area (Å²) in [6, 6.07) is 19.3. The van der Waals surface area contributed by atoms with Crippen molar-refractivity contribution in [3.8, 4) is 0 Å². The van der Waals surface area contributed by atoms with Crippen molar-refractivity contribution in [2.24, 2.45) is 17.0 Å². The van der Waals surface area contributed by atoms with Gasteiger partial charge in [0.25, 0.3) is 0 Å². The summed E-state index contributed by atoms with van der Waals surface area (Å²) in [7, 11) is -4.05. The number of pyridine rings is 1. The van der Waals surface area contributed by atoms with Gasteiger partial charge >= 0.3 is 6.03 Å². The van der Waals surface area contributed by atoms with Crippen molar-refractivity contribution in [1.29, 1.82) is 0 Å². The highest BCUT2D eigenvalue weighted by Gasteiger charge is 2.41. The van der Waals surface area contributed by atoms with Crippen LogP contribution in [-0.4, -0.2) is 100 Å². The predicted octanol–water partition coefficient (Wildman–Crippen LogP) is 4.82. The standard InChI is InChI=1S/C39H52N6O6S/c1-4-28(2)37(45-22-21-43(39(45)48)26-33-16-10-11-29(3)41-33)38(47)42-35(23-30-12-6-5-7-13-30)36(46)27-44(25-32-14-8-9-15-32)52(50,51)34-19-17-31(18-20-34)24-40-49/h5-7,10-13,16-20,24,28,32,35-37,46,49H,4,8-9,14-15,21-23,25-27H2,1-3H3,(H,42,47)/b40-24+/t28?,35-,36+,37-/m0/s1. The number of hydrogen-bond donors (Lipinski definition) is 3. The Bertz CT molecular complexity index is 1770. The molecule has 12 nitrogen and oxygen atoms in total. The first-order valence-corrected chi connectivity index (χ1v) is 19.7. The summed E-state index contributed by atoms with van der Waals surface area (Å²) < 4.78 is 29.6. The zero-order valence-corrected chi connectivity index (χ0v) is 31.2. The number of oxime groups is 1. The van der Waals surface area contributed by atoms with Gasteiger partial charge in [0.1, 0.15) is 6.04 Å². The molecule has 1 aliphatic carbocycles. The van der Waals surface area contributed by atoms with Crippen LogP contribution in [0.5, 0.6) is 0 Å². The van der Waals surface area contributed by atoms with E-state index in [9.17, 15) is 23.1 Å². The number of nitrogens with one attached hydrogen (secondary N) is 1. The van der Waals surface area contributed by atoms with Crippen molar-refractivity contribution in [2.45, 2.75) is 88.9 Å². The molecule has 2 aromatic carbocycles. The van der Waals surface area contributed by atoms with E-state index in [1.165, 1.54) is 22.7 Å². The molecule has 2 fully saturated rings. The van der Waals surface area contributed by atoms with E-state index in [1.807, 2.05) is 69.3 Å². The number of nitrogens with zero attached hydrogens (tertiary/aromatic N) is 5. The quantitative estimate of drug-likeness (QED) is 0.102. The van der Waals surface area contributed by atoms with Gasteiger partial charge in [0, 0.05) is 31.9 Å². The number of urea groups is 1. The number of sulfonamides is 1. The third-order valence-corrected chi connectivity index (χ3v) is 12.2. The Kier molecular flexibility index (Phi) is 13.4. The molecule has 2 heterocycles. The molecule has 1 aromatic heterocycles. The molecule has 1 saturated heterocycles. The highest BCUT2D eigenvalue weighted by molar-refractivity contribution is 7.89. The largest absolute Gasteiger partial charge is 0.411 e. The van der Waals surface area contributed by atoms with E-state index < -0.39 is 28.2 Å². The van der Waals surface area contributed by atoms with Gasteiger partial charge in [-0.15, -0.1) is 0 Å². The number of carbonyl (C=O) groups is 2. The minimum absolute atomic E-state index is 0.0613. The van der Waals surface area contributed by atoms with Gasteiger partial charge in [-0.3, -0.25) is 9.78 Å². The van der Waals surface area contributed by atoms with Crippen LogP contribution < -0.4 is 5.32 Å². The molecule has 5 rings (SSSR count). The second kappa shape index (κ2) is 17.9. The first kappa shape index (κ1) is 38.9. The Labute approximate surface area is 307 Å². The van der Waals surface area contributed by atoms with Crippen LogP contribution in [0, 0.1) is 18.8 Å². The van der Waals surface area contributed by atoms with Crippen molar-refractivity contribution >= 4 is 28.2 Å². The third kappa shape index (κ3) is 9.75. The van der Waals surface area contributed by atoms with Crippen LogP contribution in [0.1, 0.15) is 68.5 Å². The maximum absolute atomic E-state index is 14.4. The average Bonchev–Trinajstić information content (AvgIpc) is 3.78. The van der Waals surface area contributed by atoms with Crippen LogP contribution in [0.25, 0.3) is 0 Å². The summed E-state index contributed by atoms with van der Waals surface area (Å²) in [6.45, 7) is 7.00. The molecule has 0 bridgehead atoms. The first-order valence-electron chi connectivity index (χ1n) is 18.3. The van der Waals surface area contributed by atoms with Gasteiger partial charge in [-0.2, -0.15) is 4.31 Å². The van der Waals surface area contributed by atoms with Crippen LogP contribution in [0.15, 0.2) is 82.8 Å². The number of aliphatic hydroxyl groups is 1. The second-order valence-electron chi connectivity index (χ2n) is 14.2. The topological polar surface area (TPSA) is 156 Å². The highest BCUT2D eigenvalue weighted by Crippen LogP contribution is 2.29. The number of hydrogen-bond acceptors (Lipinski definition) is 8. The summed E-state index contributed by atoms with van der Waals surface area (Å²) >= 11 is 0. The number of benzene rings is 2. The smallest absolute Gasteiger partial charge is 0.321 e. The summed E-state index contributed by atoms with van der Waals surface area (Å²) in [5.41, 5.74) is 3.04. The lowest BCUT2D eigenvalue weighted by Gasteiger charge is -2.35. The summed E-state index contributed by atoms with van der Waals surface area (Å²) in [5, 5.41) is 27.0. The van der Waals surface area contributed by atoms with E-state index in [4.69, 9.17) is 5.21 Å². The lowest BCUT2D eigenvalue weighted by atomic mass is 9.95. The third-order valence-electron chi connectivity index (χ3n) is 10.4. The molecular formula is C39H52N6O6S. The predicted molar refractivity (Wildman–Crippen MR) is 199 cm³/mol. The zero-order chi connectivity index (χ0) is 37.3. The van der Waals surface area contributed by atoms with Crippen molar-refractivity contribution in [3.63, 3.8) is 0 Å². The van der Waals surface area contributed by atoms with E-state index in [0.717, 1.165) is 42.6 Å². The van der Waals surface area contributed by atoms with Crippen molar-refractivity contribution < 1.29 is 28.3 Å². The fraction of sp³-hybridized carbons (Fsp3) is 0.487. The number of aliphatic hydroxyl groups excluding tert-OH is 1. The SMILES string of the molecule is CCC(C)[C@@H](C(=O)N[C@@H](Cc1ccccc1)[C@H](O)CN(CC1CCCC1)S(=O)(=O)c1ccc(/C=N/O)cc1)N1CCN(Cc2cccc(C)n2)C1=O. The Morgan fingerprint density at radius 2 is 1.77 bits per heavy atom. The van der Waals surface area contributed by atoms with E-state index >= 15 is 0 Å². The van der Waals surface area contributed by atoms with E-state index in [-0.39, 0.29) is 48.2 Å². The molecule has 1 aliphatic heterocycles. The molecule has 13 heteroatoms. The van der Waals surface area contributed by atoms with Gasteiger partial charge in [-0.25, -0.2) is 13.2 Å². The van der Waals surface area contributed by atoms with Gasteiger partial charge in [0.05, 0.1) is 35.5 Å². The minimum Gasteiger partial charge on any atom is -0.411 e. The minimum atomic E-state index is -4.05. The molecule has 3 N–H and O–H groups in total. The number of carbonyl (C=O) groups excluding carboxylic acids is 2. The van der Waals surface area contributed by atoms with E-state index in [1.54, 1.807) is 21.9 Å². The van der Waals surface area contributed by atoms with Crippen LogP contribution >= 0.6 is 0 Å². The molecule has 3 aromatic rings. The highest BCUT2D eigenvalue weighted by atomic mass is 32.2. The van der Waals surface area contributed by atoms with Crippen LogP contribution in [-0.2, 0) is 27.8 Å². The van der Waals surface area contributed by atoms with Crippen molar-refractivity contribution in [3.05, 3.63) is 95.3 Å². The molecule has 52 heavy (non-hydrogen) atoms. The Hall–Kier alpha value is -4.33. The Balaban J connectivity index is 1.39. The molecule has 1 unspecified atom stereocenters. The average molecular weight is 733 g/mol. The van der Waals surface area contributed by atoms with Gasteiger partial charge in [0.15, 0.2) is 0 Å². The van der Waals surface area contributed by atoms with Gasteiger partial charge < -0.3 is 25.4 Å². The molecule has 280 valence electrons. The normalized spacial score (nSPS) is 17.9. The summed E-state index contributed by atoms with van der Waals surface area (Å²) in [5.74, 6) is -0.419. The monoisotopic (exact) mass is 732 g/mol.